The summed E-state index contributed by atoms with van der Waals surface area (Å²) >= 11 is 0. The predicted molar refractivity (Wildman–Crippen MR) is 85.1 cm³/mol. The number of benzene rings is 1. The first-order valence-electron chi connectivity index (χ1n) is 7.48. The number of amides is 1. The minimum atomic E-state index is -0.255. The van der Waals surface area contributed by atoms with Crippen LogP contribution < -0.4 is 11.0 Å². The molecule has 7 heteroatoms. The molecule has 23 heavy (non-hydrogen) atoms. The molecule has 0 radical (unpaired) electrons. The van der Waals surface area contributed by atoms with E-state index in [4.69, 9.17) is 4.42 Å². The van der Waals surface area contributed by atoms with Crippen molar-refractivity contribution in [3.8, 4) is 0 Å². The first-order valence-corrected chi connectivity index (χ1v) is 7.48. The van der Waals surface area contributed by atoms with E-state index in [9.17, 15) is 9.59 Å². The van der Waals surface area contributed by atoms with Crippen LogP contribution in [-0.4, -0.2) is 20.9 Å². The number of aromatic amines is 2. The predicted octanol–water partition coefficient (Wildman–Crippen LogP) is 1.57. The molecule has 0 aliphatic rings. The van der Waals surface area contributed by atoms with Crippen molar-refractivity contribution in [3.63, 3.8) is 0 Å². The van der Waals surface area contributed by atoms with E-state index >= 15 is 0 Å². The second kappa shape index (κ2) is 6.12. The average Bonchev–Trinajstić information content (AvgIpc) is 3.06. The Labute approximate surface area is 132 Å². The number of carbonyl (C=O) groups is 1. The molecule has 0 aliphatic carbocycles. The standard InChI is InChI=1S/C16H18N4O3/c1-3-15-18-9(2)13(23-15)8-17-14(21)7-10-4-5-11-12(6-10)20-16(22)19-11/h4-6H,3,7-8H2,1-2H3,(H,17,21)(H2,19,20,22). The molecule has 3 rings (SSSR count). The molecule has 1 amide bonds. The van der Waals surface area contributed by atoms with E-state index in [1.807, 2.05) is 19.9 Å². The molecule has 7 nitrogen and oxygen atoms in total. The van der Waals surface area contributed by atoms with Crippen LogP contribution in [0.25, 0.3) is 11.0 Å². The Kier molecular flexibility index (Phi) is 4.01. The van der Waals surface area contributed by atoms with Crippen molar-refractivity contribution in [2.45, 2.75) is 33.2 Å². The number of aromatic nitrogens is 3. The Morgan fingerprint density at radius 3 is 2.83 bits per heavy atom. The third kappa shape index (κ3) is 3.33. The van der Waals surface area contributed by atoms with Gasteiger partial charge in [-0.15, -0.1) is 0 Å². The van der Waals surface area contributed by atoms with Crippen LogP contribution in [0.4, 0.5) is 0 Å². The summed E-state index contributed by atoms with van der Waals surface area (Å²) in [6.07, 6.45) is 0.959. The van der Waals surface area contributed by atoms with Crippen molar-refractivity contribution in [3.05, 3.63) is 51.6 Å². The van der Waals surface area contributed by atoms with Gasteiger partial charge in [0, 0.05) is 6.42 Å². The highest BCUT2D eigenvalue weighted by molar-refractivity contribution is 5.81. The normalized spacial score (nSPS) is 11.0. The SMILES string of the molecule is CCc1nc(C)c(CNC(=O)Cc2ccc3[nH]c(=O)[nH]c3c2)o1. The Morgan fingerprint density at radius 1 is 1.30 bits per heavy atom. The largest absolute Gasteiger partial charge is 0.444 e. The second-order valence-corrected chi connectivity index (χ2v) is 5.38. The molecular formula is C16H18N4O3. The van der Waals surface area contributed by atoms with E-state index in [0.29, 0.717) is 23.7 Å². The van der Waals surface area contributed by atoms with Crippen LogP contribution in [0.15, 0.2) is 27.4 Å². The van der Waals surface area contributed by atoms with E-state index in [-0.39, 0.29) is 18.0 Å². The summed E-state index contributed by atoms with van der Waals surface area (Å²) < 4.78 is 5.55. The lowest BCUT2D eigenvalue weighted by Crippen LogP contribution is -2.24. The van der Waals surface area contributed by atoms with Gasteiger partial charge in [0.15, 0.2) is 5.89 Å². The van der Waals surface area contributed by atoms with Crippen molar-refractivity contribution in [2.24, 2.45) is 0 Å². The van der Waals surface area contributed by atoms with Gasteiger partial charge in [0.25, 0.3) is 0 Å². The number of aryl methyl sites for hydroxylation is 2. The zero-order chi connectivity index (χ0) is 16.4. The monoisotopic (exact) mass is 314 g/mol. The highest BCUT2D eigenvalue weighted by Gasteiger charge is 2.10. The third-order valence-electron chi connectivity index (χ3n) is 3.63. The van der Waals surface area contributed by atoms with Crippen molar-refractivity contribution >= 4 is 16.9 Å². The summed E-state index contributed by atoms with van der Waals surface area (Å²) in [7, 11) is 0. The van der Waals surface area contributed by atoms with E-state index < -0.39 is 0 Å². The fraction of sp³-hybridized carbons (Fsp3) is 0.312. The van der Waals surface area contributed by atoms with E-state index in [1.165, 1.54) is 0 Å². The van der Waals surface area contributed by atoms with Crippen LogP contribution in [0.5, 0.6) is 0 Å². The van der Waals surface area contributed by atoms with Crippen LogP contribution in [-0.2, 0) is 24.2 Å². The smallest absolute Gasteiger partial charge is 0.323 e. The number of nitrogens with zero attached hydrogens (tertiary/aromatic N) is 1. The van der Waals surface area contributed by atoms with Crippen LogP contribution >= 0.6 is 0 Å². The zero-order valence-electron chi connectivity index (χ0n) is 13.0. The lowest BCUT2D eigenvalue weighted by atomic mass is 10.1. The van der Waals surface area contributed by atoms with Crippen molar-refractivity contribution in [2.75, 3.05) is 0 Å². The molecule has 1 aromatic carbocycles. The third-order valence-corrected chi connectivity index (χ3v) is 3.63. The average molecular weight is 314 g/mol. The number of H-pyrrole nitrogens is 2. The van der Waals surface area contributed by atoms with E-state index in [1.54, 1.807) is 12.1 Å². The molecule has 0 aliphatic heterocycles. The van der Waals surface area contributed by atoms with Gasteiger partial charge >= 0.3 is 5.69 Å². The fourth-order valence-electron chi connectivity index (χ4n) is 2.42. The van der Waals surface area contributed by atoms with Crippen molar-refractivity contribution < 1.29 is 9.21 Å². The minimum Gasteiger partial charge on any atom is -0.444 e. The molecule has 2 aromatic heterocycles. The lowest BCUT2D eigenvalue weighted by molar-refractivity contribution is -0.120. The number of hydrogen-bond acceptors (Lipinski definition) is 4. The molecule has 2 heterocycles. The zero-order valence-corrected chi connectivity index (χ0v) is 13.0. The molecule has 0 spiro atoms. The molecule has 0 saturated carbocycles. The Bertz CT molecular complexity index is 904. The van der Waals surface area contributed by atoms with Gasteiger partial charge in [0.05, 0.1) is 29.7 Å². The maximum absolute atomic E-state index is 12.1. The van der Waals surface area contributed by atoms with E-state index in [2.05, 4.69) is 20.3 Å². The summed E-state index contributed by atoms with van der Waals surface area (Å²) in [5, 5.41) is 2.83. The van der Waals surface area contributed by atoms with Gasteiger partial charge in [-0.1, -0.05) is 13.0 Å². The summed E-state index contributed by atoms with van der Waals surface area (Å²) in [5.74, 6) is 1.24. The molecular weight excluding hydrogens is 296 g/mol. The van der Waals surface area contributed by atoms with Gasteiger partial charge in [0.2, 0.25) is 5.91 Å². The van der Waals surface area contributed by atoms with Gasteiger partial charge in [0.1, 0.15) is 5.76 Å². The number of rotatable bonds is 5. The number of nitrogens with one attached hydrogen (secondary N) is 3. The first kappa shape index (κ1) is 15.1. The number of fused-ring (bicyclic) bond motifs is 1. The van der Waals surface area contributed by atoms with Gasteiger partial charge in [-0.25, -0.2) is 9.78 Å². The maximum atomic E-state index is 12.1. The number of carbonyl (C=O) groups excluding carboxylic acids is 1. The number of hydrogen-bond donors (Lipinski definition) is 3. The summed E-state index contributed by atoms with van der Waals surface area (Å²) in [5.41, 5.74) is 2.79. The van der Waals surface area contributed by atoms with Crippen LogP contribution in [0.3, 0.4) is 0 Å². The highest BCUT2D eigenvalue weighted by atomic mass is 16.4. The molecule has 3 N–H and O–H groups in total. The summed E-state index contributed by atoms with van der Waals surface area (Å²) in [4.78, 5) is 32.9. The molecule has 0 unspecified atom stereocenters. The molecule has 120 valence electrons. The Morgan fingerprint density at radius 2 is 2.09 bits per heavy atom. The van der Waals surface area contributed by atoms with Crippen molar-refractivity contribution in [1.82, 2.24) is 20.3 Å². The van der Waals surface area contributed by atoms with E-state index in [0.717, 1.165) is 23.2 Å². The van der Waals surface area contributed by atoms with Crippen molar-refractivity contribution in [1.29, 1.82) is 0 Å². The molecule has 0 bridgehead atoms. The van der Waals surface area contributed by atoms with Gasteiger partial charge in [-0.05, 0) is 24.6 Å². The number of imidazole rings is 1. The molecule has 0 saturated heterocycles. The Balaban J connectivity index is 1.63. The Hall–Kier alpha value is -2.83. The van der Waals surface area contributed by atoms with Crippen LogP contribution in [0, 0.1) is 6.92 Å². The van der Waals surface area contributed by atoms with Gasteiger partial charge in [-0.3, -0.25) is 4.79 Å². The molecule has 0 fully saturated rings. The summed E-state index contributed by atoms with van der Waals surface area (Å²) in [6.45, 7) is 4.15. The minimum absolute atomic E-state index is 0.115. The lowest BCUT2D eigenvalue weighted by Gasteiger charge is -2.04. The number of oxazole rings is 1. The second-order valence-electron chi connectivity index (χ2n) is 5.38. The summed E-state index contributed by atoms with van der Waals surface area (Å²) in [6, 6.07) is 5.40. The topological polar surface area (TPSA) is 104 Å². The maximum Gasteiger partial charge on any atom is 0.323 e. The van der Waals surface area contributed by atoms with Gasteiger partial charge in [-0.2, -0.15) is 0 Å². The first-order chi connectivity index (χ1) is 11.0. The van der Waals surface area contributed by atoms with Gasteiger partial charge < -0.3 is 19.7 Å². The van der Waals surface area contributed by atoms with Crippen LogP contribution in [0.2, 0.25) is 0 Å². The molecule has 3 aromatic rings. The molecule has 0 atom stereocenters. The highest BCUT2D eigenvalue weighted by Crippen LogP contribution is 2.12. The van der Waals surface area contributed by atoms with Crippen LogP contribution in [0.1, 0.15) is 29.8 Å². The quantitative estimate of drug-likeness (QED) is 0.665. The fourth-order valence-corrected chi connectivity index (χ4v) is 2.42.